The average molecular weight is 975 g/mol. The molecule has 4 heterocycles. The molecule has 5 aromatic rings. The van der Waals surface area contributed by atoms with Crippen molar-refractivity contribution in [2.45, 2.75) is 168 Å². The van der Waals surface area contributed by atoms with Crippen molar-refractivity contribution in [3.8, 4) is 33.5 Å². The van der Waals surface area contributed by atoms with E-state index in [0.717, 1.165) is 32.1 Å². The van der Waals surface area contributed by atoms with Crippen LogP contribution in [0, 0.1) is 11.3 Å². The zero-order chi connectivity index (χ0) is 51.1. The van der Waals surface area contributed by atoms with Crippen molar-refractivity contribution in [1.82, 2.24) is 28.9 Å². The van der Waals surface area contributed by atoms with Crippen LogP contribution in [0.1, 0.15) is 156 Å². The first-order valence-electron chi connectivity index (χ1n) is 24.8. The van der Waals surface area contributed by atoms with Crippen LogP contribution in [0.3, 0.4) is 0 Å². The normalized spacial score (nSPS) is 21.9. The molecule has 2 aromatic heterocycles. The number of likely N-dealkylation sites (tertiary alicyclic amines) is 2. The van der Waals surface area contributed by atoms with Crippen LogP contribution < -0.4 is 0 Å². The third-order valence-corrected chi connectivity index (χ3v) is 14.1. The Hall–Kier alpha value is -6.32. The number of benzene rings is 3. The molecule has 16 heteroatoms. The summed E-state index contributed by atoms with van der Waals surface area (Å²) in [6, 6.07) is 13.8. The van der Waals surface area contributed by atoms with E-state index in [9.17, 15) is 19.2 Å². The van der Waals surface area contributed by atoms with Gasteiger partial charge in [-0.1, -0.05) is 30.3 Å². The molecule has 10 rings (SSSR count). The zero-order valence-electron chi connectivity index (χ0n) is 42.7. The number of halogens is 2. The van der Waals surface area contributed by atoms with Crippen LogP contribution in [0.25, 0.3) is 44.5 Å². The minimum Gasteiger partial charge on any atom is -0.444 e. The molecule has 71 heavy (non-hydrogen) atoms. The first-order valence-corrected chi connectivity index (χ1v) is 24.8. The van der Waals surface area contributed by atoms with E-state index in [1.807, 2.05) is 20.8 Å². The van der Waals surface area contributed by atoms with Gasteiger partial charge < -0.3 is 18.9 Å². The van der Waals surface area contributed by atoms with Gasteiger partial charge in [-0.15, -0.1) is 0 Å². The minimum atomic E-state index is -3.46. The number of aromatic nitrogens is 4. The van der Waals surface area contributed by atoms with Crippen LogP contribution in [0.4, 0.5) is 28.0 Å². The number of alkyl halides is 2. The molecule has 2 saturated heterocycles. The average Bonchev–Trinajstić information content (AvgIpc) is 3.85. The highest BCUT2D eigenvalue weighted by Gasteiger charge is 2.56. The Morgan fingerprint density at radius 2 is 1.17 bits per heavy atom. The van der Waals surface area contributed by atoms with Crippen molar-refractivity contribution in [2.75, 3.05) is 6.54 Å². The molecule has 2 amide bonds. The van der Waals surface area contributed by atoms with Crippen LogP contribution in [0.5, 0.6) is 0 Å². The number of fused-ring (bicyclic) bond motifs is 6. The molecule has 376 valence electrons. The predicted octanol–water partition coefficient (Wildman–Crippen LogP) is 13.2. The summed E-state index contributed by atoms with van der Waals surface area (Å²) in [6.07, 6.45) is 3.95. The molecule has 1 spiro atoms. The molecule has 3 aliphatic carbocycles. The van der Waals surface area contributed by atoms with Crippen molar-refractivity contribution >= 4 is 35.4 Å². The summed E-state index contributed by atoms with van der Waals surface area (Å²) in [4.78, 5) is 69.1. The second kappa shape index (κ2) is 16.1. The molecule has 3 aromatic carbocycles. The Labute approximate surface area is 413 Å². The zero-order valence-corrected chi connectivity index (χ0v) is 42.7. The second-order valence-corrected chi connectivity index (χ2v) is 24.3. The lowest BCUT2D eigenvalue weighted by molar-refractivity contribution is 0.00500. The fourth-order valence-electron chi connectivity index (χ4n) is 11.1. The monoisotopic (exact) mass is 974 g/mol. The molecule has 0 radical (unpaired) electrons. The van der Waals surface area contributed by atoms with Crippen LogP contribution in [-0.2, 0) is 24.9 Å². The van der Waals surface area contributed by atoms with Crippen molar-refractivity contribution < 1.29 is 46.9 Å². The molecule has 0 N–H and O–H groups in total. The third-order valence-electron chi connectivity index (χ3n) is 14.1. The largest absolute Gasteiger partial charge is 0.444 e. The first kappa shape index (κ1) is 48.3. The minimum absolute atomic E-state index is 0.0441. The van der Waals surface area contributed by atoms with Crippen LogP contribution in [0.15, 0.2) is 60.8 Å². The fraction of sp³-hybridized carbons (Fsp3) is 0.527. The smallest absolute Gasteiger partial charge is 0.420 e. The number of hydrogen-bond acceptors (Lipinski definition) is 10. The maximum Gasteiger partial charge on any atom is 0.420 e. The molecule has 2 saturated carbocycles. The number of carbonyl (C=O) groups excluding carboxylic acids is 4. The number of hydrogen-bond donors (Lipinski definition) is 0. The number of nitrogens with zero attached hydrogens (tertiary/aromatic N) is 6. The van der Waals surface area contributed by atoms with E-state index in [1.54, 1.807) is 115 Å². The van der Waals surface area contributed by atoms with E-state index in [-0.39, 0.29) is 40.0 Å². The lowest BCUT2D eigenvalue weighted by atomic mass is 9.98. The van der Waals surface area contributed by atoms with Crippen LogP contribution in [0.2, 0.25) is 0 Å². The molecule has 4 fully saturated rings. The first-order chi connectivity index (χ1) is 33.0. The summed E-state index contributed by atoms with van der Waals surface area (Å²) in [5.74, 6) is -2.78. The highest BCUT2D eigenvalue weighted by atomic mass is 19.3. The molecular formula is C55H64F2N6O8. The Bertz CT molecular complexity index is 3030. The van der Waals surface area contributed by atoms with Crippen LogP contribution in [-0.4, -0.2) is 88.3 Å². The Morgan fingerprint density at radius 3 is 1.77 bits per heavy atom. The Balaban J connectivity index is 1.01. The molecule has 2 aliphatic heterocycles. The number of rotatable bonds is 4. The highest BCUT2D eigenvalue weighted by Crippen LogP contribution is 2.59. The Morgan fingerprint density at radius 1 is 0.634 bits per heavy atom. The van der Waals surface area contributed by atoms with Crippen LogP contribution >= 0.6 is 0 Å². The molecular weight excluding hydrogens is 911 g/mol. The lowest BCUT2D eigenvalue weighted by Gasteiger charge is -2.36. The van der Waals surface area contributed by atoms with Gasteiger partial charge in [-0.25, -0.2) is 38.3 Å². The number of amides is 2. The number of piperidine rings is 1. The van der Waals surface area contributed by atoms with Crippen molar-refractivity contribution in [2.24, 2.45) is 11.3 Å². The molecule has 5 aliphatic rings. The van der Waals surface area contributed by atoms with Gasteiger partial charge in [-0.05, 0) is 179 Å². The predicted molar refractivity (Wildman–Crippen MR) is 262 cm³/mol. The van der Waals surface area contributed by atoms with Gasteiger partial charge in [-0.2, -0.15) is 8.78 Å². The number of ether oxygens (including phenoxy) is 4. The van der Waals surface area contributed by atoms with Gasteiger partial charge in [0.1, 0.15) is 34.1 Å². The summed E-state index contributed by atoms with van der Waals surface area (Å²) in [5, 5.41) is 0. The van der Waals surface area contributed by atoms with Gasteiger partial charge in [0, 0.05) is 29.3 Å². The highest BCUT2D eigenvalue weighted by molar-refractivity contribution is 5.92. The molecule has 3 unspecified atom stereocenters. The molecule has 4 atom stereocenters. The van der Waals surface area contributed by atoms with E-state index in [4.69, 9.17) is 28.9 Å². The summed E-state index contributed by atoms with van der Waals surface area (Å²) >= 11 is 0. The van der Waals surface area contributed by atoms with E-state index in [1.165, 1.54) is 27.5 Å². The summed E-state index contributed by atoms with van der Waals surface area (Å²) in [5.41, 5.74) is -0.588. The standard InChI is InChI=1S/C55H64F2N6O8/c1-50(2,3)68-46(64)60-29-54(21-22-54)27-41(60)44-58-28-42(63(44)49(67)71-53(10,11)12)32-15-19-36-35-18-14-30(24-37(35)55(56,57)38(36)25-32)31-16-20-39-40(26-31)62(48(66)70-52(7,8)9)45(59-39)43-33-13-17-34(23-33)61(43)47(65)69-51(4,5)6/h14-16,18-20,24-26,28,33-34,41,43H,13,17,21-23,27,29H2,1-12H3/t33?,34?,41-,43?/m0/s1. The number of carbonyl (C=O) groups is 4. The van der Waals surface area contributed by atoms with E-state index in [2.05, 4.69) is 0 Å². The second-order valence-electron chi connectivity index (χ2n) is 24.3. The number of imidazole rings is 2. The van der Waals surface area contributed by atoms with Gasteiger partial charge in [0.25, 0.3) is 5.92 Å². The van der Waals surface area contributed by atoms with E-state index < -0.39 is 64.8 Å². The summed E-state index contributed by atoms with van der Waals surface area (Å²) in [7, 11) is 0. The van der Waals surface area contributed by atoms with Gasteiger partial charge in [0.05, 0.1) is 35.0 Å². The Kier molecular flexibility index (Phi) is 11.0. The lowest BCUT2D eigenvalue weighted by Crippen LogP contribution is -2.44. The van der Waals surface area contributed by atoms with Crippen molar-refractivity contribution in [1.29, 1.82) is 0 Å². The van der Waals surface area contributed by atoms with E-state index in [0.29, 0.717) is 57.6 Å². The molecule has 2 bridgehead atoms. The van der Waals surface area contributed by atoms with Gasteiger partial charge in [0.2, 0.25) is 0 Å². The van der Waals surface area contributed by atoms with Crippen molar-refractivity contribution in [3.05, 3.63) is 83.6 Å². The summed E-state index contributed by atoms with van der Waals surface area (Å²) in [6.45, 7) is 21.9. The van der Waals surface area contributed by atoms with Gasteiger partial charge >= 0.3 is 24.4 Å². The molecule has 14 nitrogen and oxygen atoms in total. The third kappa shape index (κ3) is 8.83. The van der Waals surface area contributed by atoms with Crippen molar-refractivity contribution in [3.63, 3.8) is 0 Å². The SMILES string of the molecule is CC(C)(C)OC(=O)N1C2CCC(C2)C1c1nc2ccc(-c3ccc4c(c3)C(F)(F)c3cc(-c5cnc([C@@H]6CC7(CC7)CN6C(=O)OC(C)(C)C)n5C(=O)OC(C)(C)C)ccc3-4)cc2n1C(=O)OC(C)(C)C. The fourth-order valence-corrected chi connectivity index (χ4v) is 11.1. The van der Waals surface area contributed by atoms with Gasteiger partial charge in [0.15, 0.2) is 0 Å². The topological polar surface area (TPSA) is 147 Å². The maximum absolute atomic E-state index is 17.2. The van der Waals surface area contributed by atoms with E-state index >= 15 is 8.78 Å². The van der Waals surface area contributed by atoms with Gasteiger partial charge in [-0.3, -0.25) is 9.80 Å². The maximum atomic E-state index is 17.2. The quantitative estimate of drug-likeness (QED) is 0.159. The summed E-state index contributed by atoms with van der Waals surface area (Å²) < 4.78 is 60.7.